The van der Waals surface area contributed by atoms with Crippen LogP contribution in [-0.4, -0.2) is 16.7 Å². The number of nitrogens with one attached hydrogen (secondary N) is 1. The summed E-state index contributed by atoms with van der Waals surface area (Å²) in [5.74, 6) is 0. The van der Waals surface area contributed by atoms with Gasteiger partial charge in [0.15, 0.2) is 0 Å². The molecule has 2 nitrogen and oxygen atoms in total. The first kappa shape index (κ1) is 10.2. The Bertz CT molecular complexity index is 445. The summed E-state index contributed by atoms with van der Waals surface area (Å²) in [6.45, 7) is 2.40. The lowest BCUT2D eigenvalue weighted by atomic mass is 10.0. The molecule has 0 spiro atoms. The Kier molecular flexibility index (Phi) is 3.07. The number of rotatable bonds is 4. The molecular formula is C13H17NO. The Morgan fingerprint density at radius 1 is 1.20 bits per heavy atom. The summed E-state index contributed by atoms with van der Waals surface area (Å²) in [6.07, 6.45) is 5.01. The molecule has 2 rings (SSSR count). The SMILES string of the molecule is CCCc1cccc2c(CCO)c[nH]c12. The number of H-pyrrole nitrogens is 1. The van der Waals surface area contributed by atoms with Gasteiger partial charge in [-0.05, 0) is 24.0 Å². The minimum absolute atomic E-state index is 0.213. The van der Waals surface area contributed by atoms with Crippen LogP contribution in [0.3, 0.4) is 0 Å². The number of aromatic nitrogens is 1. The van der Waals surface area contributed by atoms with E-state index in [1.54, 1.807) is 0 Å². The van der Waals surface area contributed by atoms with Crippen molar-refractivity contribution in [3.05, 3.63) is 35.5 Å². The van der Waals surface area contributed by atoms with Crippen LogP contribution in [0.2, 0.25) is 0 Å². The van der Waals surface area contributed by atoms with Crippen LogP contribution < -0.4 is 0 Å². The molecule has 0 bridgehead atoms. The van der Waals surface area contributed by atoms with Crippen molar-refractivity contribution in [3.8, 4) is 0 Å². The molecule has 0 amide bonds. The van der Waals surface area contributed by atoms with E-state index in [9.17, 15) is 0 Å². The lowest BCUT2D eigenvalue weighted by Crippen LogP contribution is -1.89. The van der Waals surface area contributed by atoms with Crippen LogP contribution in [0, 0.1) is 0 Å². The van der Waals surface area contributed by atoms with Gasteiger partial charge in [0.25, 0.3) is 0 Å². The van der Waals surface area contributed by atoms with Crippen molar-refractivity contribution < 1.29 is 5.11 Å². The van der Waals surface area contributed by atoms with Crippen molar-refractivity contribution in [1.82, 2.24) is 4.98 Å². The number of benzene rings is 1. The average Bonchev–Trinajstić information content (AvgIpc) is 2.64. The van der Waals surface area contributed by atoms with E-state index in [1.165, 1.54) is 22.0 Å². The molecule has 2 aromatic rings. The summed E-state index contributed by atoms with van der Waals surface area (Å²) < 4.78 is 0. The van der Waals surface area contributed by atoms with E-state index in [1.807, 2.05) is 6.20 Å². The molecule has 80 valence electrons. The van der Waals surface area contributed by atoms with Gasteiger partial charge in [-0.3, -0.25) is 0 Å². The highest BCUT2D eigenvalue weighted by molar-refractivity contribution is 5.86. The fourth-order valence-corrected chi connectivity index (χ4v) is 2.08. The van der Waals surface area contributed by atoms with Gasteiger partial charge in [-0.15, -0.1) is 0 Å². The van der Waals surface area contributed by atoms with Gasteiger partial charge in [-0.1, -0.05) is 31.5 Å². The molecule has 0 atom stereocenters. The molecule has 0 saturated carbocycles. The van der Waals surface area contributed by atoms with Crippen molar-refractivity contribution in [2.75, 3.05) is 6.61 Å². The molecule has 0 aliphatic rings. The molecule has 1 heterocycles. The summed E-state index contributed by atoms with van der Waals surface area (Å²) in [4.78, 5) is 3.32. The van der Waals surface area contributed by atoms with Crippen LogP contribution in [0.1, 0.15) is 24.5 Å². The second-order valence-corrected chi connectivity index (χ2v) is 3.88. The van der Waals surface area contributed by atoms with Crippen LogP contribution in [-0.2, 0) is 12.8 Å². The molecule has 15 heavy (non-hydrogen) atoms. The lowest BCUT2D eigenvalue weighted by Gasteiger charge is -2.01. The number of aliphatic hydroxyl groups excluding tert-OH is 1. The van der Waals surface area contributed by atoms with Gasteiger partial charge in [-0.25, -0.2) is 0 Å². The molecular weight excluding hydrogens is 186 g/mol. The van der Waals surface area contributed by atoms with Crippen LogP contribution >= 0.6 is 0 Å². The first-order chi connectivity index (χ1) is 7.36. The van der Waals surface area contributed by atoms with Crippen LogP contribution in [0.15, 0.2) is 24.4 Å². The Morgan fingerprint density at radius 3 is 2.80 bits per heavy atom. The molecule has 0 radical (unpaired) electrons. The number of hydrogen-bond acceptors (Lipinski definition) is 1. The molecule has 0 unspecified atom stereocenters. The molecule has 0 saturated heterocycles. The molecule has 1 aromatic carbocycles. The Hall–Kier alpha value is -1.28. The highest BCUT2D eigenvalue weighted by Crippen LogP contribution is 2.22. The minimum atomic E-state index is 0.213. The molecule has 2 N–H and O–H groups in total. The fraction of sp³-hybridized carbons (Fsp3) is 0.385. The molecule has 1 aromatic heterocycles. The van der Waals surface area contributed by atoms with Gasteiger partial charge < -0.3 is 10.1 Å². The number of fused-ring (bicyclic) bond motifs is 1. The Morgan fingerprint density at radius 2 is 2.07 bits per heavy atom. The summed E-state index contributed by atoms with van der Waals surface area (Å²) in [6, 6.07) is 6.39. The van der Waals surface area contributed by atoms with Gasteiger partial charge in [0, 0.05) is 23.7 Å². The van der Waals surface area contributed by atoms with Crippen LogP contribution in [0.4, 0.5) is 0 Å². The lowest BCUT2D eigenvalue weighted by molar-refractivity contribution is 0.300. The standard InChI is InChI=1S/C13H17NO/c1-2-4-10-5-3-6-12-11(7-8-15)9-14-13(10)12/h3,5-6,9,14-15H,2,4,7-8H2,1H3. The maximum atomic E-state index is 8.96. The second kappa shape index (κ2) is 4.49. The second-order valence-electron chi connectivity index (χ2n) is 3.88. The van der Waals surface area contributed by atoms with Gasteiger partial charge in [0.05, 0.1) is 0 Å². The number of aliphatic hydroxyl groups is 1. The van der Waals surface area contributed by atoms with E-state index in [4.69, 9.17) is 5.11 Å². The Balaban J connectivity index is 2.48. The van der Waals surface area contributed by atoms with Gasteiger partial charge in [0.2, 0.25) is 0 Å². The van der Waals surface area contributed by atoms with Crippen LogP contribution in [0.25, 0.3) is 10.9 Å². The zero-order valence-electron chi connectivity index (χ0n) is 9.09. The van der Waals surface area contributed by atoms with E-state index in [2.05, 4.69) is 30.1 Å². The quantitative estimate of drug-likeness (QED) is 0.787. The zero-order chi connectivity index (χ0) is 10.7. The fourth-order valence-electron chi connectivity index (χ4n) is 2.08. The van der Waals surface area contributed by atoms with Crippen molar-refractivity contribution >= 4 is 10.9 Å². The van der Waals surface area contributed by atoms with E-state index < -0.39 is 0 Å². The molecule has 0 fully saturated rings. The number of aromatic amines is 1. The van der Waals surface area contributed by atoms with Crippen molar-refractivity contribution in [2.24, 2.45) is 0 Å². The average molecular weight is 203 g/mol. The third kappa shape index (κ3) is 1.90. The van der Waals surface area contributed by atoms with E-state index in [0.29, 0.717) is 0 Å². The highest BCUT2D eigenvalue weighted by Gasteiger charge is 2.05. The summed E-state index contributed by atoms with van der Waals surface area (Å²) in [7, 11) is 0. The Labute approximate surface area is 89.9 Å². The topological polar surface area (TPSA) is 36.0 Å². The van der Waals surface area contributed by atoms with E-state index in [0.717, 1.165) is 19.3 Å². The summed E-state index contributed by atoms with van der Waals surface area (Å²) in [5.41, 5.74) is 3.83. The third-order valence-corrected chi connectivity index (χ3v) is 2.79. The highest BCUT2D eigenvalue weighted by atomic mass is 16.2. The zero-order valence-corrected chi connectivity index (χ0v) is 9.09. The largest absolute Gasteiger partial charge is 0.396 e. The van der Waals surface area contributed by atoms with Crippen molar-refractivity contribution in [3.63, 3.8) is 0 Å². The number of aryl methyl sites for hydroxylation is 1. The van der Waals surface area contributed by atoms with E-state index in [-0.39, 0.29) is 6.61 Å². The minimum Gasteiger partial charge on any atom is -0.396 e. The van der Waals surface area contributed by atoms with Crippen LogP contribution in [0.5, 0.6) is 0 Å². The smallest absolute Gasteiger partial charge is 0.0489 e. The first-order valence-corrected chi connectivity index (χ1v) is 5.55. The molecule has 2 heteroatoms. The van der Waals surface area contributed by atoms with E-state index >= 15 is 0 Å². The first-order valence-electron chi connectivity index (χ1n) is 5.55. The molecule has 0 aliphatic heterocycles. The molecule has 0 aliphatic carbocycles. The van der Waals surface area contributed by atoms with Gasteiger partial charge in [-0.2, -0.15) is 0 Å². The van der Waals surface area contributed by atoms with Crippen molar-refractivity contribution in [1.29, 1.82) is 0 Å². The predicted molar refractivity (Wildman–Crippen MR) is 63.1 cm³/mol. The maximum Gasteiger partial charge on any atom is 0.0489 e. The summed E-state index contributed by atoms with van der Waals surface area (Å²) >= 11 is 0. The number of para-hydroxylation sites is 1. The monoisotopic (exact) mass is 203 g/mol. The van der Waals surface area contributed by atoms with Gasteiger partial charge in [0.1, 0.15) is 0 Å². The maximum absolute atomic E-state index is 8.96. The van der Waals surface area contributed by atoms with Crippen molar-refractivity contribution in [2.45, 2.75) is 26.2 Å². The normalized spacial score (nSPS) is 11.1. The number of hydrogen-bond donors (Lipinski definition) is 2. The summed E-state index contributed by atoms with van der Waals surface area (Å²) in [5, 5.41) is 10.2. The van der Waals surface area contributed by atoms with Gasteiger partial charge >= 0.3 is 0 Å². The predicted octanol–water partition coefficient (Wildman–Crippen LogP) is 2.66. The third-order valence-electron chi connectivity index (χ3n) is 2.79.